The second-order valence-corrected chi connectivity index (χ2v) is 10.1. The SMILES string of the molecule is Cc1cc(Nc2cc(C(F)(F)F)ccn2)nc(-c2ccc(NC3CCN(C(=O)c4cccc(C(N)=O)c4)CC3)nc2)c1. The number of nitrogens with one attached hydrogen (secondary N) is 2. The molecule has 4 N–H and O–H groups in total. The minimum atomic E-state index is -4.47. The lowest BCUT2D eigenvalue weighted by Gasteiger charge is -2.32. The van der Waals surface area contributed by atoms with Gasteiger partial charge >= 0.3 is 6.18 Å². The summed E-state index contributed by atoms with van der Waals surface area (Å²) >= 11 is 0. The number of carbonyl (C=O) groups is 2. The number of aryl methyl sites for hydroxylation is 1. The standard InChI is InChI=1S/C30H28F3N7O2/c1-18-13-24(38-27(14-18)39-26-16-22(7-10-35-26)30(31,32)33)21-5-6-25(36-17-21)37-23-8-11-40(12-9-23)29(42)20-4-2-3-19(15-20)28(34)41/h2-7,10,13-17,23H,8-9,11-12H2,1H3,(H2,34,41)(H,36,37)(H,35,38,39). The van der Waals surface area contributed by atoms with Gasteiger partial charge in [0, 0.05) is 48.2 Å². The van der Waals surface area contributed by atoms with Gasteiger partial charge in [0.05, 0.1) is 11.3 Å². The van der Waals surface area contributed by atoms with E-state index in [1.54, 1.807) is 35.4 Å². The van der Waals surface area contributed by atoms with Crippen molar-refractivity contribution in [2.75, 3.05) is 23.7 Å². The number of nitrogens with zero attached hydrogens (tertiary/aromatic N) is 4. The molecule has 2 amide bonds. The summed E-state index contributed by atoms with van der Waals surface area (Å²) in [4.78, 5) is 39.2. The molecule has 1 aliphatic rings. The highest BCUT2D eigenvalue weighted by molar-refractivity contribution is 5.99. The van der Waals surface area contributed by atoms with Crippen LogP contribution in [-0.4, -0.2) is 50.8 Å². The molecular weight excluding hydrogens is 547 g/mol. The maximum absolute atomic E-state index is 13.1. The van der Waals surface area contributed by atoms with Gasteiger partial charge < -0.3 is 21.3 Å². The number of nitrogens with two attached hydrogens (primary N) is 1. The molecule has 42 heavy (non-hydrogen) atoms. The molecule has 216 valence electrons. The van der Waals surface area contributed by atoms with Crippen LogP contribution in [0.2, 0.25) is 0 Å². The molecule has 3 aromatic heterocycles. The van der Waals surface area contributed by atoms with Crippen molar-refractivity contribution in [1.29, 1.82) is 0 Å². The number of amides is 2. The molecule has 1 aromatic carbocycles. The fraction of sp³-hybridized carbons (Fsp3) is 0.233. The molecular formula is C30H28F3N7O2. The highest BCUT2D eigenvalue weighted by Crippen LogP contribution is 2.31. The van der Waals surface area contributed by atoms with E-state index in [4.69, 9.17) is 5.73 Å². The van der Waals surface area contributed by atoms with Gasteiger partial charge in [-0.25, -0.2) is 15.0 Å². The summed E-state index contributed by atoms with van der Waals surface area (Å²) in [7, 11) is 0. The first-order valence-corrected chi connectivity index (χ1v) is 13.3. The van der Waals surface area contributed by atoms with Gasteiger partial charge in [0.1, 0.15) is 17.5 Å². The maximum Gasteiger partial charge on any atom is 0.416 e. The summed E-state index contributed by atoms with van der Waals surface area (Å²) < 4.78 is 39.2. The largest absolute Gasteiger partial charge is 0.416 e. The van der Waals surface area contributed by atoms with Gasteiger partial charge in [-0.1, -0.05) is 6.07 Å². The van der Waals surface area contributed by atoms with Crippen LogP contribution in [0.4, 0.5) is 30.6 Å². The molecule has 12 heteroatoms. The molecule has 0 spiro atoms. The molecule has 0 atom stereocenters. The number of primary amides is 1. The normalized spacial score (nSPS) is 14.0. The van der Waals surface area contributed by atoms with Crippen LogP contribution in [0.25, 0.3) is 11.3 Å². The lowest BCUT2D eigenvalue weighted by molar-refractivity contribution is -0.137. The highest BCUT2D eigenvalue weighted by atomic mass is 19.4. The van der Waals surface area contributed by atoms with Crippen molar-refractivity contribution in [3.63, 3.8) is 0 Å². The number of likely N-dealkylation sites (tertiary alicyclic amines) is 1. The zero-order valence-electron chi connectivity index (χ0n) is 22.7. The van der Waals surface area contributed by atoms with Crippen molar-refractivity contribution >= 4 is 29.3 Å². The van der Waals surface area contributed by atoms with Gasteiger partial charge in [0.2, 0.25) is 5.91 Å². The zero-order valence-corrected chi connectivity index (χ0v) is 22.7. The molecule has 1 saturated heterocycles. The minimum absolute atomic E-state index is 0.0403. The lowest BCUT2D eigenvalue weighted by atomic mass is 10.0. The van der Waals surface area contributed by atoms with Crippen LogP contribution in [-0.2, 0) is 6.18 Å². The van der Waals surface area contributed by atoms with Crippen LogP contribution >= 0.6 is 0 Å². The predicted molar refractivity (Wildman–Crippen MR) is 152 cm³/mol. The van der Waals surface area contributed by atoms with E-state index in [-0.39, 0.29) is 17.8 Å². The average Bonchev–Trinajstić information content (AvgIpc) is 2.97. The van der Waals surface area contributed by atoms with Crippen LogP contribution in [0, 0.1) is 6.92 Å². The van der Waals surface area contributed by atoms with Crippen molar-refractivity contribution in [3.05, 3.63) is 95.3 Å². The summed E-state index contributed by atoms with van der Waals surface area (Å²) in [5.74, 6) is 0.369. The number of rotatable bonds is 7. The summed E-state index contributed by atoms with van der Waals surface area (Å²) in [5, 5.41) is 6.27. The summed E-state index contributed by atoms with van der Waals surface area (Å²) in [6.07, 6.45) is -0.240. The fourth-order valence-electron chi connectivity index (χ4n) is 4.74. The number of pyridine rings is 3. The first-order chi connectivity index (χ1) is 20.0. The van der Waals surface area contributed by atoms with E-state index in [0.717, 1.165) is 42.3 Å². The number of benzene rings is 1. The Morgan fingerprint density at radius 1 is 0.929 bits per heavy atom. The molecule has 0 bridgehead atoms. The number of carbonyl (C=O) groups excluding carboxylic acids is 2. The Hall–Kier alpha value is -5.00. The number of halogens is 3. The van der Waals surface area contributed by atoms with E-state index in [0.29, 0.717) is 41.5 Å². The molecule has 1 fully saturated rings. The topological polar surface area (TPSA) is 126 Å². The predicted octanol–water partition coefficient (Wildman–Crippen LogP) is 5.43. The average molecular weight is 576 g/mol. The Morgan fingerprint density at radius 2 is 1.69 bits per heavy atom. The van der Waals surface area contributed by atoms with Crippen molar-refractivity contribution in [2.24, 2.45) is 5.73 Å². The van der Waals surface area contributed by atoms with Gasteiger partial charge in [-0.05, 0) is 79.9 Å². The summed E-state index contributed by atoms with van der Waals surface area (Å²) in [5.41, 5.74) is 7.48. The number of hydrogen-bond donors (Lipinski definition) is 3. The second-order valence-electron chi connectivity index (χ2n) is 10.1. The van der Waals surface area contributed by atoms with Crippen LogP contribution < -0.4 is 16.4 Å². The van der Waals surface area contributed by atoms with Crippen molar-refractivity contribution in [1.82, 2.24) is 19.9 Å². The van der Waals surface area contributed by atoms with E-state index < -0.39 is 17.6 Å². The Labute approximate surface area is 240 Å². The highest BCUT2D eigenvalue weighted by Gasteiger charge is 2.30. The van der Waals surface area contributed by atoms with Crippen LogP contribution in [0.5, 0.6) is 0 Å². The smallest absolute Gasteiger partial charge is 0.367 e. The van der Waals surface area contributed by atoms with Crippen LogP contribution in [0.15, 0.2) is 73.1 Å². The Balaban J connectivity index is 1.20. The quantitative estimate of drug-likeness (QED) is 0.268. The van der Waals surface area contributed by atoms with E-state index >= 15 is 0 Å². The van der Waals surface area contributed by atoms with E-state index in [1.165, 1.54) is 6.07 Å². The number of piperidine rings is 1. The Bertz CT molecular complexity index is 1600. The van der Waals surface area contributed by atoms with Gasteiger partial charge in [-0.2, -0.15) is 13.2 Å². The number of hydrogen-bond acceptors (Lipinski definition) is 7. The van der Waals surface area contributed by atoms with E-state index in [2.05, 4.69) is 25.6 Å². The zero-order chi connectivity index (χ0) is 29.9. The van der Waals surface area contributed by atoms with E-state index in [9.17, 15) is 22.8 Å². The van der Waals surface area contributed by atoms with E-state index in [1.807, 2.05) is 25.1 Å². The van der Waals surface area contributed by atoms with Crippen molar-refractivity contribution in [2.45, 2.75) is 32.0 Å². The van der Waals surface area contributed by atoms with Gasteiger partial charge in [-0.15, -0.1) is 0 Å². The Kier molecular flexibility index (Phi) is 8.05. The number of aromatic nitrogens is 3. The fourth-order valence-corrected chi connectivity index (χ4v) is 4.74. The van der Waals surface area contributed by atoms with Crippen LogP contribution in [0.3, 0.4) is 0 Å². The first-order valence-electron chi connectivity index (χ1n) is 13.3. The molecule has 1 aliphatic heterocycles. The molecule has 4 heterocycles. The third-order valence-corrected chi connectivity index (χ3v) is 6.90. The molecule has 5 rings (SSSR count). The molecule has 0 aliphatic carbocycles. The number of alkyl halides is 3. The molecule has 0 radical (unpaired) electrons. The third-order valence-electron chi connectivity index (χ3n) is 6.90. The maximum atomic E-state index is 13.1. The van der Waals surface area contributed by atoms with Gasteiger partial charge in [0.15, 0.2) is 0 Å². The molecule has 0 saturated carbocycles. The molecule has 9 nitrogen and oxygen atoms in total. The summed E-state index contributed by atoms with van der Waals surface area (Å²) in [6.45, 7) is 2.98. The van der Waals surface area contributed by atoms with Gasteiger partial charge in [-0.3, -0.25) is 9.59 Å². The summed E-state index contributed by atoms with van der Waals surface area (Å²) in [6, 6.07) is 15.7. The second kappa shape index (κ2) is 11.9. The van der Waals surface area contributed by atoms with Crippen molar-refractivity contribution < 1.29 is 22.8 Å². The monoisotopic (exact) mass is 575 g/mol. The Morgan fingerprint density at radius 3 is 2.38 bits per heavy atom. The first kappa shape index (κ1) is 28.5. The molecule has 4 aromatic rings. The lowest BCUT2D eigenvalue weighted by Crippen LogP contribution is -2.42. The van der Waals surface area contributed by atoms with Gasteiger partial charge in [0.25, 0.3) is 5.91 Å². The van der Waals surface area contributed by atoms with Crippen molar-refractivity contribution in [3.8, 4) is 11.3 Å². The molecule has 0 unspecified atom stereocenters. The minimum Gasteiger partial charge on any atom is -0.367 e. The number of anilines is 3. The van der Waals surface area contributed by atoms with Crippen LogP contribution in [0.1, 0.15) is 44.7 Å². The third kappa shape index (κ3) is 6.82.